The Bertz CT molecular complexity index is 1610. The van der Waals surface area contributed by atoms with Crippen molar-refractivity contribution in [1.82, 2.24) is 23.9 Å². The number of benzene rings is 2. The van der Waals surface area contributed by atoms with Gasteiger partial charge in [0.05, 0.1) is 54.0 Å². The first-order valence-electron chi connectivity index (χ1n) is 10.6. The Hall–Kier alpha value is -4.07. The second-order valence-electron chi connectivity index (χ2n) is 8.11. The van der Waals surface area contributed by atoms with Crippen LogP contribution in [0.25, 0.3) is 38.8 Å². The van der Waals surface area contributed by atoms with Crippen molar-refractivity contribution in [2.75, 3.05) is 14.2 Å². The van der Waals surface area contributed by atoms with E-state index in [4.69, 9.17) is 9.47 Å². The summed E-state index contributed by atoms with van der Waals surface area (Å²) in [6.45, 7) is 3.89. The first-order valence-corrected chi connectivity index (χ1v) is 10.6. The Morgan fingerprint density at radius 1 is 0.909 bits per heavy atom. The molecular formula is C25H25N5O3. The minimum atomic E-state index is -0.130. The molecule has 0 fully saturated rings. The van der Waals surface area contributed by atoms with Crippen molar-refractivity contribution < 1.29 is 9.47 Å². The fourth-order valence-electron chi connectivity index (χ4n) is 4.49. The standard InChI is InChI=1S/C25H25N5O3/c1-14-23(15(2)29(4)27-14)30-24-18-11-16(17-8-10-21(32-5)22(12-17)33-6)7-9-19(18)26-13-20(24)28(3)25(30)31/h7-13H,1-6H3. The highest BCUT2D eigenvalue weighted by atomic mass is 16.5. The van der Waals surface area contributed by atoms with Crippen LogP contribution in [0.1, 0.15) is 11.4 Å². The molecule has 0 N–H and O–H groups in total. The summed E-state index contributed by atoms with van der Waals surface area (Å²) in [4.78, 5) is 18.0. The molecule has 0 amide bonds. The molecule has 0 bridgehead atoms. The molecule has 8 heteroatoms. The summed E-state index contributed by atoms with van der Waals surface area (Å²) in [5.74, 6) is 1.33. The van der Waals surface area contributed by atoms with Crippen LogP contribution in [-0.4, -0.2) is 38.1 Å². The third kappa shape index (κ3) is 3.01. The average molecular weight is 444 g/mol. The topological polar surface area (TPSA) is 76.1 Å². The van der Waals surface area contributed by atoms with Crippen LogP contribution in [-0.2, 0) is 14.1 Å². The van der Waals surface area contributed by atoms with Gasteiger partial charge in [-0.2, -0.15) is 5.10 Å². The van der Waals surface area contributed by atoms with E-state index in [1.54, 1.807) is 41.3 Å². The van der Waals surface area contributed by atoms with Gasteiger partial charge >= 0.3 is 5.69 Å². The van der Waals surface area contributed by atoms with E-state index in [1.165, 1.54) is 0 Å². The van der Waals surface area contributed by atoms with Gasteiger partial charge in [0.1, 0.15) is 0 Å². The van der Waals surface area contributed by atoms with Crippen molar-refractivity contribution in [3.05, 3.63) is 64.5 Å². The number of nitrogens with zero attached hydrogens (tertiary/aromatic N) is 5. The summed E-state index contributed by atoms with van der Waals surface area (Å²) < 4.78 is 16.1. The van der Waals surface area contributed by atoms with Gasteiger partial charge in [0.25, 0.3) is 0 Å². The summed E-state index contributed by atoms with van der Waals surface area (Å²) >= 11 is 0. The fourth-order valence-corrected chi connectivity index (χ4v) is 4.49. The van der Waals surface area contributed by atoms with Crippen LogP contribution in [0.3, 0.4) is 0 Å². The van der Waals surface area contributed by atoms with Crippen LogP contribution < -0.4 is 15.2 Å². The lowest BCUT2D eigenvalue weighted by atomic mass is 10.0. The fraction of sp³-hybridized carbons (Fsp3) is 0.240. The predicted molar refractivity (Wildman–Crippen MR) is 129 cm³/mol. The molecule has 0 radical (unpaired) electrons. The molecule has 0 unspecified atom stereocenters. The number of aryl methyl sites for hydroxylation is 3. The normalized spacial score (nSPS) is 11.5. The largest absolute Gasteiger partial charge is 0.493 e. The maximum Gasteiger partial charge on any atom is 0.333 e. The van der Waals surface area contributed by atoms with E-state index in [0.717, 1.165) is 50.1 Å². The quantitative estimate of drug-likeness (QED) is 0.421. The Kier molecular flexibility index (Phi) is 4.74. The first-order chi connectivity index (χ1) is 15.8. The van der Waals surface area contributed by atoms with Crippen LogP contribution in [0.15, 0.2) is 47.4 Å². The second kappa shape index (κ2) is 7.51. The van der Waals surface area contributed by atoms with Gasteiger partial charge in [-0.15, -0.1) is 0 Å². The van der Waals surface area contributed by atoms with Crippen LogP contribution in [0.4, 0.5) is 0 Å². The molecule has 33 heavy (non-hydrogen) atoms. The van der Waals surface area contributed by atoms with Crippen molar-refractivity contribution in [3.63, 3.8) is 0 Å². The van der Waals surface area contributed by atoms with Gasteiger partial charge in [0.2, 0.25) is 0 Å². The predicted octanol–water partition coefficient (Wildman–Crippen LogP) is 3.91. The first kappa shape index (κ1) is 20.8. The molecule has 0 aliphatic heterocycles. The van der Waals surface area contributed by atoms with E-state index in [9.17, 15) is 4.79 Å². The molecule has 0 spiro atoms. The zero-order chi connectivity index (χ0) is 23.4. The molecular weight excluding hydrogens is 418 g/mol. The molecule has 5 aromatic rings. The van der Waals surface area contributed by atoms with Gasteiger partial charge < -0.3 is 9.47 Å². The number of hydrogen-bond acceptors (Lipinski definition) is 5. The third-order valence-corrected chi connectivity index (χ3v) is 6.29. The van der Waals surface area contributed by atoms with E-state index in [1.807, 2.05) is 51.2 Å². The summed E-state index contributed by atoms with van der Waals surface area (Å²) in [5.41, 5.74) is 6.74. The van der Waals surface area contributed by atoms with Gasteiger partial charge in [0, 0.05) is 19.5 Å². The van der Waals surface area contributed by atoms with Gasteiger partial charge in [0.15, 0.2) is 11.5 Å². The van der Waals surface area contributed by atoms with Gasteiger partial charge in [-0.1, -0.05) is 12.1 Å². The SMILES string of the molecule is COc1ccc(-c2ccc3ncc4c(c3c2)n(-c2c(C)nn(C)c2C)c(=O)n4C)cc1OC. The molecule has 0 aliphatic carbocycles. The van der Waals surface area contributed by atoms with E-state index in [-0.39, 0.29) is 5.69 Å². The monoisotopic (exact) mass is 443 g/mol. The summed E-state index contributed by atoms with van der Waals surface area (Å²) in [7, 11) is 6.90. The molecule has 0 saturated carbocycles. The number of rotatable bonds is 4. The molecule has 0 atom stereocenters. The third-order valence-electron chi connectivity index (χ3n) is 6.29. The van der Waals surface area contributed by atoms with E-state index in [0.29, 0.717) is 11.5 Å². The second-order valence-corrected chi connectivity index (χ2v) is 8.11. The molecule has 5 rings (SSSR count). The zero-order valence-corrected chi connectivity index (χ0v) is 19.5. The highest BCUT2D eigenvalue weighted by Gasteiger charge is 2.21. The summed E-state index contributed by atoms with van der Waals surface area (Å²) in [6, 6.07) is 11.9. The van der Waals surface area contributed by atoms with Crippen LogP contribution in [0.5, 0.6) is 11.5 Å². The molecule has 0 aliphatic rings. The Morgan fingerprint density at radius 2 is 1.61 bits per heavy atom. The maximum absolute atomic E-state index is 13.4. The summed E-state index contributed by atoms with van der Waals surface area (Å²) in [5, 5.41) is 5.42. The molecule has 8 nitrogen and oxygen atoms in total. The average Bonchev–Trinajstić information content (AvgIpc) is 3.23. The van der Waals surface area contributed by atoms with Gasteiger partial charge in [-0.3, -0.25) is 18.8 Å². The summed E-state index contributed by atoms with van der Waals surface area (Å²) in [6.07, 6.45) is 1.76. The molecule has 3 heterocycles. The van der Waals surface area contributed by atoms with E-state index < -0.39 is 0 Å². The highest BCUT2D eigenvalue weighted by molar-refractivity contribution is 6.04. The number of hydrogen-bond donors (Lipinski definition) is 0. The Labute approximate surface area is 190 Å². The van der Waals surface area contributed by atoms with Crippen LogP contribution in [0, 0.1) is 13.8 Å². The van der Waals surface area contributed by atoms with Crippen molar-refractivity contribution >= 4 is 21.9 Å². The van der Waals surface area contributed by atoms with Gasteiger partial charge in [-0.25, -0.2) is 4.79 Å². The van der Waals surface area contributed by atoms with E-state index in [2.05, 4.69) is 16.1 Å². The Balaban J connectivity index is 1.85. The number of methoxy groups -OCH3 is 2. The molecule has 168 valence electrons. The van der Waals surface area contributed by atoms with Crippen LogP contribution in [0.2, 0.25) is 0 Å². The maximum atomic E-state index is 13.4. The smallest absolute Gasteiger partial charge is 0.333 e. The van der Waals surface area contributed by atoms with Crippen LogP contribution >= 0.6 is 0 Å². The molecule has 2 aromatic carbocycles. The van der Waals surface area contributed by atoms with E-state index >= 15 is 0 Å². The van der Waals surface area contributed by atoms with Crippen molar-refractivity contribution in [1.29, 1.82) is 0 Å². The minimum Gasteiger partial charge on any atom is -0.493 e. The van der Waals surface area contributed by atoms with Crippen molar-refractivity contribution in [2.45, 2.75) is 13.8 Å². The highest BCUT2D eigenvalue weighted by Crippen LogP contribution is 2.35. The van der Waals surface area contributed by atoms with Gasteiger partial charge in [-0.05, 0) is 49.2 Å². The number of aromatic nitrogens is 5. The molecule has 3 aromatic heterocycles. The number of fused-ring (bicyclic) bond motifs is 3. The van der Waals surface area contributed by atoms with Crippen molar-refractivity contribution in [3.8, 4) is 28.3 Å². The lowest BCUT2D eigenvalue weighted by molar-refractivity contribution is 0.355. The number of pyridine rings is 1. The number of ether oxygens (including phenoxy) is 2. The zero-order valence-electron chi connectivity index (χ0n) is 19.5. The minimum absolute atomic E-state index is 0.130. The lowest BCUT2D eigenvalue weighted by Gasteiger charge is -2.11. The number of imidazole rings is 1. The van der Waals surface area contributed by atoms with Crippen molar-refractivity contribution in [2.24, 2.45) is 14.1 Å². The lowest BCUT2D eigenvalue weighted by Crippen LogP contribution is -2.21. The molecule has 0 saturated heterocycles. The Morgan fingerprint density at radius 3 is 2.27 bits per heavy atom.